The number of aryl methyl sites for hydroxylation is 1. The van der Waals surface area contributed by atoms with Crippen molar-refractivity contribution in [2.45, 2.75) is 19.8 Å². The number of halogens is 1. The molecule has 2 aromatic rings. The van der Waals surface area contributed by atoms with Crippen molar-refractivity contribution in [3.63, 3.8) is 0 Å². The van der Waals surface area contributed by atoms with Crippen LogP contribution in [0.5, 0.6) is 5.75 Å². The Morgan fingerprint density at radius 2 is 1.80 bits per heavy atom. The Hall–Kier alpha value is -1.79. The first kappa shape index (κ1) is 14.6. The van der Waals surface area contributed by atoms with Crippen LogP contribution in [-0.2, 0) is 12.8 Å². The van der Waals surface area contributed by atoms with Gasteiger partial charge in [-0.15, -0.1) is 0 Å². The summed E-state index contributed by atoms with van der Waals surface area (Å²) in [6.45, 7) is 2.14. The van der Waals surface area contributed by atoms with E-state index in [9.17, 15) is 5.26 Å². The standard InChI is InChI=1S/C17H16BrNO/c1-3-12-4-6-13(7-5-12)8-14-9-15(18)10-17(20-2)16(14)11-19/h4-7,9-10H,3,8H2,1-2H3. The summed E-state index contributed by atoms with van der Waals surface area (Å²) >= 11 is 3.46. The fourth-order valence-electron chi connectivity index (χ4n) is 2.18. The molecule has 0 saturated carbocycles. The molecule has 20 heavy (non-hydrogen) atoms. The first-order valence-corrected chi connectivity index (χ1v) is 7.31. The van der Waals surface area contributed by atoms with E-state index in [0.717, 1.165) is 22.9 Å². The van der Waals surface area contributed by atoms with Crippen LogP contribution in [0.2, 0.25) is 0 Å². The van der Waals surface area contributed by atoms with E-state index in [1.807, 2.05) is 12.1 Å². The summed E-state index contributed by atoms with van der Waals surface area (Å²) in [5.41, 5.74) is 4.10. The van der Waals surface area contributed by atoms with Crippen LogP contribution in [0.3, 0.4) is 0 Å². The fraction of sp³-hybridized carbons (Fsp3) is 0.235. The fourth-order valence-corrected chi connectivity index (χ4v) is 2.66. The van der Waals surface area contributed by atoms with E-state index in [-0.39, 0.29) is 0 Å². The summed E-state index contributed by atoms with van der Waals surface area (Å²) in [5, 5.41) is 9.34. The lowest BCUT2D eigenvalue weighted by Crippen LogP contribution is -1.97. The van der Waals surface area contributed by atoms with Gasteiger partial charge in [-0.25, -0.2) is 0 Å². The Bertz CT molecular complexity index is 641. The van der Waals surface area contributed by atoms with Crippen molar-refractivity contribution in [2.24, 2.45) is 0 Å². The molecular weight excluding hydrogens is 314 g/mol. The molecule has 0 amide bonds. The van der Waals surface area contributed by atoms with Gasteiger partial charge >= 0.3 is 0 Å². The average Bonchev–Trinajstić information content (AvgIpc) is 2.47. The zero-order valence-corrected chi connectivity index (χ0v) is 13.2. The van der Waals surface area contributed by atoms with Crippen molar-refractivity contribution < 1.29 is 4.74 Å². The molecule has 0 radical (unpaired) electrons. The summed E-state index contributed by atoms with van der Waals surface area (Å²) in [7, 11) is 1.59. The van der Waals surface area contributed by atoms with Crippen LogP contribution >= 0.6 is 15.9 Å². The predicted octanol–water partition coefficient (Wildman–Crippen LogP) is 4.48. The lowest BCUT2D eigenvalue weighted by molar-refractivity contribution is 0.412. The van der Waals surface area contributed by atoms with Crippen LogP contribution in [0.4, 0.5) is 0 Å². The van der Waals surface area contributed by atoms with Crippen molar-refractivity contribution >= 4 is 15.9 Å². The minimum Gasteiger partial charge on any atom is -0.495 e. The van der Waals surface area contributed by atoms with Crippen LogP contribution in [-0.4, -0.2) is 7.11 Å². The Labute approximate surface area is 128 Å². The van der Waals surface area contributed by atoms with Crippen LogP contribution in [0.15, 0.2) is 40.9 Å². The summed E-state index contributed by atoms with van der Waals surface area (Å²) in [6.07, 6.45) is 1.76. The summed E-state index contributed by atoms with van der Waals surface area (Å²) in [5.74, 6) is 0.613. The molecule has 0 aliphatic rings. The van der Waals surface area contributed by atoms with Gasteiger partial charge in [-0.05, 0) is 41.7 Å². The van der Waals surface area contributed by atoms with E-state index in [1.54, 1.807) is 7.11 Å². The van der Waals surface area contributed by atoms with Gasteiger partial charge in [0.2, 0.25) is 0 Å². The van der Waals surface area contributed by atoms with Gasteiger partial charge in [0.15, 0.2) is 0 Å². The maximum atomic E-state index is 9.34. The molecule has 0 aromatic heterocycles. The van der Waals surface area contributed by atoms with Crippen molar-refractivity contribution in [3.05, 3.63) is 63.1 Å². The Morgan fingerprint density at radius 1 is 1.15 bits per heavy atom. The van der Waals surface area contributed by atoms with Crippen LogP contribution < -0.4 is 4.74 Å². The van der Waals surface area contributed by atoms with Gasteiger partial charge in [0.1, 0.15) is 11.8 Å². The van der Waals surface area contributed by atoms with E-state index in [2.05, 4.69) is 53.2 Å². The Kier molecular flexibility index (Phi) is 4.81. The minimum atomic E-state index is 0.607. The molecule has 3 heteroatoms. The second kappa shape index (κ2) is 6.58. The lowest BCUT2D eigenvalue weighted by atomic mass is 9.98. The van der Waals surface area contributed by atoms with Crippen molar-refractivity contribution in [1.82, 2.24) is 0 Å². The SMILES string of the molecule is CCc1ccc(Cc2cc(Br)cc(OC)c2C#N)cc1. The van der Waals surface area contributed by atoms with E-state index < -0.39 is 0 Å². The molecule has 0 heterocycles. The molecule has 102 valence electrons. The molecule has 2 nitrogen and oxygen atoms in total. The van der Waals surface area contributed by atoms with Crippen LogP contribution in [0.25, 0.3) is 0 Å². The molecule has 0 fully saturated rings. The Morgan fingerprint density at radius 3 is 2.35 bits per heavy atom. The van der Waals surface area contributed by atoms with Crippen LogP contribution in [0.1, 0.15) is 29.2 Å². The Balaban J connectivity index is 2.37. The molecule has 0 aliphatic carbocycles. The molecule has 0 N–H and O–H groups in total. The van der Waals surface area contributed by atoms with Gasteiger partial charge in [-0.3, -0.25) is 0 Å². The molecule has 0 atom stereocenters. The van der Waals surface area contributed by atoms with Crippen molar-refractivity contribution in [1.29, 1.82) is 5.26 Å². The molecule has 0 saturated heterocycles. The predicted molar refractivity (Wildman–Crippen MR) is 84.0 cm³/mol. The zero-order chi connectivity index (χ0) is 14.5. The first-order chi connectivity index (χ1) is 9.67. The molecule has 0 spiro atoms. The smallest absolute Gasteiger partial charge is 0.138 e. The number of hydrogen-bond donors (Lipinski definition) is 0. The third-order valence-corrected chi connectivity index (χ3v) is 3.76. The molecule has 2 rings (SSSR count). The number of methoxy groups -OCH3 is 1. The second-order valence-corrected chi connectivity index (χ2v) is 5.52. The second-order valence-electron chi connectivity index (χ2n) is 4.60. The van der Waals surface area contributed by atoms with Gasteiger partial charge in [-0.1, -0.05) is 47.1 Å². The van der Waals surface area contributed by atoms with Gasteiger partial charge in [0.05, 0.1) is 12.7 Å². The number of ether oxygens (including phenoxy) is 1. The number of hydrogen-bond acceptors (Lipinski definition) is 2. The van der Waals surface area contributed by atoms with Gasteiger partial charge in [0.25, 0.3) is 0 Å². The van der Waals surface area contributed by atoms with E-state index in [1.165, 1.54) is 11.1 Å². The largest absolute Gasteiger partial charge is 0.495 e. The van der Waals surface area contributed by atoms with Crippen molar-refractivity contribution in [2.75, 3.05) is 7.11 Å². The maximum Gasteiger partial charge on any atom is 0.138 e. The highest BCUT2D eigenvalue weighted by Gasteiger charge is 2.11. The number of nitriles is 1. The summed E-state index contributed by atoms with van der Waals surface area (Å²) in [6, 6.07) is 14.5. The quantitative estimate of drug-likeness (QED) is 0.828. The van der Waals surface area contributed by atoms with Gasteiger partial charge in [-0.2, -0.15) is 5.26 Å². The summed E-state index contributed by atoms with van der Waals surface area (Å²) in [4.78, 5) is 0. The number of nitrogens with zero attached hydrogens (tertiary/aromatic N) is 1. The van der Waals surface area contributed by atoms with Gasteiger partial charge in [0, 0.05) is 4.47 Å². The van der Waals surface area contributed by atoms with Crippen molar-refractivity contribution in [3.8, 4) is 11.8 Å². The van der Waals surface area contributed by atoms with Crippen LogP contribution in [0, 0.1) is 11.3 Å². The third kappa shape index (κ3) is 3.20. The van der Waals surface area contributed by atoms with E-state index in [4.69, 9.17) is 4.74 Å². The highest BCUT2D eigenvalue weighted by atomic mass is 79.9. The highest BCUT2D eigenvalue weighted by molar-refractivity contribution is 9.10. The van der Waals surface area contributed by atoms with E-state index in [0.29, 0.717) is 11.3 Å². The zero-order valence-electron chi connectivity index (χ0n) is 11.6. The van der Waals surface area contributed by atoms with E-state index >= 15 is 0 Å². The topological polar surface area (TPSA) is 33.0 Å². The number of rotatable bonds is 4. The number of benzene rings is 2. The lowest BCUT2D eigenvalue weighted by Gasteiger charge is -2.10. The molecule has 0 unspecified atom stereocenters. The highest BCUT2D eigenvalue weighted by Crippen LogP contribution is 2.28. The molecular formula is C17H16BrNO. The average molecular weight is 330 g/mol. The summed E-state index contributed by atoms with van der Waals surface area (Å²) < 4.78 is 6.20. The van der Waals surface area contributed by atoms with Gasteiger partial charge < -0.3 is 4.74 Å². The normalized spacial score (nSPS) is 10.1. The molecule has 2 aromatic carbocycles. The maximum absolute atomic E-state index is 9.34. The monoisotopic (exact) mass is 329 g/mol. The molecule has 0 bridgehead atoms. The molecule has 0 aliphatic heterocycles. The first-order valence-electron chi connectivity index (χ1n) is 6.52. The minimum absolute atomic E-state index is 0.607. The third-order valence-electron chi connectivity index (χ3n) is 3.31.